The van der Waals surface area contributed by atoms with Crippen molar-refractivity contribution in [3.8, 4) is 0 Å². The minimum Gasteiger partial charge on any atom is -0.422 e. The Morgan fingerprint density at radius 2 is 1.70 bits per heavy atom. The maximum Gasteiger partial charge on any atom is 0.336 e. The molecular weight excluding hydrogens is 286 g/mol. The summed E-state index contributed by atoms with van der Waals surface area (Å²) in [5.74, 6) is 0. The van der Waals surface area contributed by atoms with Crippen LogP contribution in [-0.4, -0.2) is 0 Å². The average molecular weight is 307 g/mol. The lowest BCUT2D eigenvalue weighted by molar-refractivity contribution is 0.556. The van der Waals surface area contributed by atoms with E-state index in [2.05, 4.69) is 43.4 Å². The monoisotopic (exact) mass is 307 g/mol. The molecule has 0 amide bonds. The number of hydrogen-bond acceptors (Lipinski definition) is 3. The quantitative estimate of drug-likeness (QED) is 0.717. The maximum atomic E-state index is 11.9. The van der Waals surface area contributed by atoms with E-state index in [1.165, 1.54) is 11.1 Å². The lowest BCUT2D eigenvalue weighted by Crippen LogP contribution is -2.07. The molecule has 2 aromatic carbocycles. The summed E-state index contributed by atoms with van der Waals surface area (Å²) in [6.45, 7) is 8.75. The van der Waals surface area contributed by atoms with Crippen LogP contribution in [0.5, 0.6) is 0 Å². The van der Waals surface area contributed by atoms with Crippen LogP contribution in [-0.2, 0) is 6.54 Å². The molecule has 1 aromatic heterocycles. The van der Waals surface area contributed by atoms with Crippen LogP contribution >= 0.6 is 0 Å². The van der Waals surface area contributed by atoms with Crippen LogP contribution in [0.1, 0.15) is 27.8 Å². The van der Waals surface area contributed by atoms with Crippen LogP contribution in [0.2, 0.25) is 0 Å². The van der Waals surface area contributed by atoms with Crippen molar-refractivity contribution >= 4 is 16.7 Å². The largest absolute Gasteiger partial charge is 0.422 e. The SMILES string of the molecule is Cc1ccc(C)c(NCc2cc(=O)oc3c(C)c(C)ccc23)c1. The second kappa shape index (κ2) is 5.92. The molecule has 0 aliphatic carbocycles. The van der Waals surface area contributed by atoms with E-state index in [0.29, 0.717) is 12.1 Å². The summed E-state index contributed by atoms with van der Waals surface area (Å²) in [6, 6.07) is 12.0. The highest BCUT2D eigenvalue weighted by Gasteiger charge is 2.09. The molecule has 118 valence electrons. The van der Waals surface area contributed by atoms with E-state index < -0.39 is 0 Å². The van der Waals surface area contributed by atoms with E-state index in [-0.39, 0.29) is 5.63 Å². The summed E-state index contributed by atoms with van der Waals surface area (Å²) in [6.07, 6.45) is 0. The fourth-order valence-corrected chi connectivity index (χ4v) is 2.79. The molecule has 23 heavy (non-hydrogen) atoms. The normalized spacial score (nSPS) is 11.0. The number of nitrogens with one attached hydrogen (secondary N) is 1. The van der Waals surface area contributed by atoms with Gasteiger partial charge in [0.15, 0.2) is 0 Å². The predicted molar refractivity (Wildman–Crippen MR) is 95.2 cm³/mol. The van der Waals surface area contributed by atoms with Crippen molar-refractivity contribution in [3.05, 3.63) is 74.6 Å². The summed E-state index contributed by atoms with van der Waals surface area (Å²) in [5, 5.41) is 4.43. The summed E-state index contributed by atoms with van der Waals surface area (Å²) in [5.41, 5.74) is 6.99. The topological polar surface area (TPSA) is 42.2 Å². The molecule has 1 heterocycles. The van der Waals surface area contributed by atoms with Gasteiger partial charge >= 0.3 is 5.63 Å². The molecule has 3 rings (SSSR count). The Hall–Kier alpha value is -2.55. The van der Waals surface area contributed by atoms with Crippen LogP contribution in [0, 0.1) is 27.7 Å². The molecule has 0 aliphatic rings. The smallest absolute Gasteiger partial charge is 0.336 e. The molecule has 0 radical (unpaired) electrons. The molecule has 0 unspecified atom stereocenters. The van der Waals surface area contributed by atoms with E-state index in [0.717, 1.165) is 27.8 Å². The summed E-state index contributed by atoms with van der Waals surface area (Å²) in [4.78, 5) is 11.9. The Morgan fingerprint density at radius 3 is 2.48 bits per heavy atom. The van der Waals surface area contributed by atoms with Gasteiger partial charge in [-0.2, -0.15) is 0 Å². The second-order valence-corrected chi connectivity index (χ2v) is 6.15. The molecule has 0 bridgehead atoms. The Balaban J connectivity index is 2.02. The Labute approximate surface area is 136 Å². The van der Waals surface area contributed by atoms with Crippen molar-refractivity contribution in [2.24, 2.45) is 0 Å². The van der Waals surface area contributed by atoms with E-state index >= 15 is 0 Å². The summed E-state index contributed by atoms with van der Waals surface area (Å²) >= 11 is 0. The first kappa shape index (κ1) is 15.3. The van der Waals surface area contributed by atoms with Gasteiger partial charge in [0.1, 0.15) is 5.58 Å². The van der Waals surface area contributed by atoms with Crippen LogP contribution in [0.15, 0.2) is 45.6 Å². The standard InChI is InChI=1S/C20H21NO2/c1-12-5-6-14(3)18(9-12)21-11-16-10-19(22)23-20-15(4)13(2)7-8-17(16)20/h5-10,21H,11H2,1-4H3. The molecule has 3 heteroatoms. The molecule has 1 N–H and O–H groups in total. The number of anilines is 1. The lowest BCUT2D eigenvalue weighted by atomic mass is 10.0. The zero-order valence-corrected chi connectivity index (χ0v) is 14.0. The Kier molecular flexibility index (Phi) is 3.95. The van der Waals surface area contributed by atoms with Crippen molar-refractivity contribution in [2.45, 2.75) is 34.2 Å². The van der Waals surface area contributed by atoms with E-state index in [9.17, 15) is 4.79 Å². The summed E-state index contributed by atoms with van der Waals surface area (Å²) < 4.78 is 5.43. The second-order valence-electron chi connectivity index (χ2n) is 6.15. The number of rotatable bonds is 3. The maximum absolute atomic E-state index is 11.9. The number of hydrogen-bond donors (Lipinski definition) is 1. The molecule has 3 nitrogen and oxygen atoms in total. The Bertz CT molecular complexity index is 938. The van der Waals surface area contributed by atoms with E-state index in [1.54, 1.807) is 6.07 Å². The zero-order valence-electron chi connectivity index (χ0n) is 14.0. The zero-order chi connectivity index (χ0) is 16.6. The van der Waals surface area contributed by atoms with Gasteiger partial charge in [-0.25, -0.2) is 4.79 Å². The fourth-order valence-electron chi connectivity index (χ4n) is 2.79. The third-order valence-corrected chi connectivity index (χ3v) is 4.38. The first-order valence-corrected chi connectivity index (χ1v) is 7.80. The highest BCUT2D eigenvalue weighted by atomic mass is 16.4. The van der Waals surface area contributed by atoms with E-state index in [4.69, 9.17) is 4.42 Å². The van der Waals surface area contributed by atoms with Crippen molar-refractivity contribution in [3.63, 3.8) is 0 Å². The minimum atomic E-state index is -0.302. The van der Waals surface area contributed by atoms with Gasteiger partial charge in [0, 0.05) is 23.7 Å². The molecule has 0 spiro atoms. The molecule has 0 atom stereocenters. The van der Waals surface area contributed by atoms with Crippen LogP contribution in [0.4, 0.5) is 5.69 Å². The van der Waals surface area contributed by atoms with Crippen LogP contribution in [0.3, 0.4) is 0 Å². The van der Waals surface area contributed by atoms with Crippen molar-refractivity contribution in [1.82, 2.24) is 0 Å². The van der Waals surface area contributed by atoms with Gasteiger partial charge in [-0.15, -0.1) is 0 Å². The van der Waals surface area contributed by atoms with Gasteiger partial charge in [0.25, 0.3) is 0 Å². The summed E-state index contributed by atoms with van der Waals surface area (Å²) in [7, 11) is 0. The number of fused-ring (bicyclic) bond motifs is 1. The minimum absolute atomic E-state index is 0.302. The van der Waals surface area contributed by atoms with Crippen molar-refractivity contribution in [1.29, 1.82) is 0 Å². The first-order chi connectivity index (χ1) is 11.0. The number of benzene rings is 2. The number of aryl methyl sites for hydroxylation is 4. The molecule has 0 saturated heterocycles. The van der Waals surface area contributed by atoms with Crippen molar-refractivity contribution < 1.29 is 4.42 Å². The third-order valence-electron chi connectivity index (χ3n) is 4.38. The fraction of sp³-hybridized carbons (Fsp3) is 0.250. The highest BCUT2D eigenvalue weighted by Crippen LogP contribution is 2.24. The Morgan fingerprint density at radius 1 is 0.957 bits per heavy atom. The molecule has 0 saturated carbocycles. The van der Waals surface area contributed by atoms with E-state index in [1.807, 2.05) is 19.9 Å². The molecule has 0 aliphatic heterocycles. The third kappa shape index (κ3) is 3.00. The van der Waals surface area contributed by atoms with Crippen molar-refractivity contribution in [2.75, 3.05) is 5.32 Å². The van der Waals surface area contributed by atoms with Gasteiger partial charge in [-0.05, 0) is 61.6 Å². The molecule has 3 aromatic rings. The van der Waals surface area contributed by atoms with Gasteiger partial charge in [-0.3, -0.25) is 0 Å². The molecule has 0 fully saturated rings. The average Bonchev–Trinajstić information content (AvgIpc) is 2.52. The van der Waals surface area contributed by atoms with Crippen LogP contribution < -0.4 is 10.9 Å². The molecular formula is C20H21NO2. The van der Waals surface area contributed by atoms with Gasteiger partial charge in [-0.1, -0.05) is 24.3 Å². The lowest BCUT2D eigenvalue weighted by Gasteiger charge is -2.13. The highest BCUT2D eigenvalue weighted by molar-refractivity contribution is 5.84. The van der Waals surface area contributed by atoms with Gasteiger partial charge in [0.2, 0.25) is 0 Å². The predicted octanol–water partition coefficient (Wildman–Crippen LogP) is 4.64. The van der Waals surface area contributed by atoms with Crippen LogP contribution in [0.25, 0.3) is 11.0 Å². The van der Waals surface area contributed by atoms with Gasteiger partial charge < -0.3 is 9.73 Å². The van der Waals surface area contributed by atoms with Gasteiger partial charge in [0.05, 0.1) is 0 Å². The first-order valence-electron chi connectivity index (χ1n) is 7.80.